The lowest BCUT2D eigenvalue weighted by atomic mass is 10.2. The van der Waals surface area contributed by atoms with Crippen LogP contribution in [0.25, 0.3) is 0 Å². The van der Waals surface area contributed by atoms with Crippen LogP contribution in [0, 0.1) is 0 Å². The Morgan fingerprint density at radius 3 is 2.75 bits per heavy atom. The van der Waals surface area contributed by atoms with E-state index in [2.05, 4.69) is 10.3 Å². The van der Waals surface area contributed by atoms with Gasteiger partial charge in [-0.1, -0.05) is 18.1 Å². The Hall–Kier alpha value is -0.940. The molecular formula is C11H20N4O. The smallest absolute Gasteiger partial charge is 0.102 e. The van der Waals surface area contributed by atoms with Crippen LogP contribution in [0.5, 0.6) is 0 Å². The summed E-state index contributed by atoms with van der Waals surface area (Å²) >= 11 is 0. The van der Waals surface area contributed by atoms with Crippen LogP contribution >= 0.6 is 0 Å². The molecule has 1 heterocycles. The van der Waals surface area contributed by atoms with E-state index in [9.17, 15) is 0 Å². The number of nitrogens with two attached hydrogens (primary N) is 1. The first-order valence-electron chi connectivity index (χ1n) is 5.94. The van der Waals surface area contributed by atoms with Crippen LogP contribution in [0.4, 0.5) is 0 Å². The average molecular weight is 224 g/mol. The first-order chi connectivity index (χ1) is 7.77. The van der Waals surface area contributed by atoms with Crippen LogP contribution < -0.4 is 5.73 Å². The molecule has 1 fully saturated rings. The summed E-state index contributed by atoms with van der Waals surface area (Å²) in [4.78, 5) is 0. The average Bonchev–Trinajstić information content (AvgIpc) is 2.95. The zero-order valence-electron chi connectivity index (χ0n) is 10.0. The van der Waals surface area contributed by atoms with Crippen LogP contribution in [0.3, 0.4) is 0 Å². The minimum atomic E-state index is 0.00847. The van der Waals surface area contributed by atoms with E-state index in [4.69, 9.17) is 10.5 Å². The molecule has 1 aliphatic rings. The van der Waals surface area contributed by atoms with Crippen LogP contribution in [0.15, 0.2) is 0 Å². The van der Waals surface area contributed by atoms with E-state index in [0.717, 1.165) is 11.4 Å². The summed E-state index contributed by atoms with van der Waals surface area (Å²) in [5, 5.41) is 8.40. The Kier molecular flexibility index (Phi) is 3.56. The minimum Gasteiger partial charge on any atom is -0.375 e. The fraction of sp³-hybridized carbons (Fsp3) is 0.818. The van der Waals surface area contributed by atoms with Gasteiger partial charge in [-0.25, -0.2) is 4.68 Å². The molecule has 0 amide bonds. The van der Waals surface area contributed by atoms with E-state index in [-0.39, 0.29) is 6.10 Å². The molecule has 0 aromatic carbocycles. The standard InChI is InChI=1S/C11H20N4O/c1-8(16-2)11-10(7-12)13-14-15(11)9-5-3-4-6-9/h8-9H,3-7,12H2,1-2H3. The van der Waals surface area contributed by atoms with E-state index < -0.39 is 0 Å². The number of nitrogens with zero attached hydrogens (tertiary/aromatic N) is 3. The number of ether oxygens (including phenoxy) is 1. The molecule has 90 valence electrons. The summed E-state index contributed by atoms with van der Waals surface area (Å²) in [5.41, 5.74) is 7.60. The molecule has 2 N–H and O–H groups in total. The van der Waals surface area contributed by atoms with Gasteiger partial charge in [0, 0.05) is 13.7 Å². The zero-order chi connectivity index (χ0) is 11.5. The molecule has 0 aliphatic heterocycles. The highest BCUT2D eigenvalue weighted by Gasteiger charge is 2.25. The third kappa shape index (κ3) is 1.97. The highest BCUT2D eigenvalue weighted by Crippen LogP contribution is 2.32. The van der Waals surface area contributed by atoms with Gasteiger partial charge >= 0.3 is 0 Å². The van der Waals surface area contributed by atoms with E-state index in [1.807, 2.05) is 11.6 Å². The normalized spacial score (nSPS) is 19.2. The lowest BCUT2D eigenvalue weighted by Crippen LogP contribution is -2.15. The molecule has 1 aromatic heterocycles. The van der Waals surface area contributed by atoms with Crippen molar-refractivity contribution < 1.29 is 4.74 Å². The van der Waals surface area contributed by atoms with Gasteiger partial charge in [-0.2, -0.15) is 0 Å². The fourth-order valence-electron chi connectivity index (χ4n) is 2.43. The predicted octanol–water partition coefficient (Wildman–Crippen LogP) is 1.56. The summed E-state index contributed by atoms with van der Waals surface area (Å²) in [7, 11) is 1.71. The number of hydrogen-bond donors (Lipinski definition) is 1. The van der Waals surface area contributed by atoms with Gasteiger partial charge in [0.25, 0.3) is 0 Å². The molecule has 1 atom stereocenters. The zero-order valence-corrected chi connectivity index (χ0v) is 10.0. The molecular weight excluding hydrogens is 204 g/mol. The molecule has 0 saturated heterocycles. The van der Waals surface area contributed by atoms with Crippen molar-refractivity contribution in [2.45, 2.75) is 51.3 Å². The number of methoxy groups -OCH3 is 1. The van der Waals surface area contributed by atoms with Crippen molar-refractivity contribution in [3.63, 3.8) is 0 Å². The van der Waals surface area contributed by atoms with Gasteiger partial charge in [-0.05, 0) is 19.8 Å². The Bertz CT molecular complexity index is 344. The van der Waals surface area contributed by atoms with E-state index >= 15 is 0 Å². The van der Waals surface area contributed by atoms with Crippen molar-refractivity contribution in [2.24, 2.45) is 5.73 Å². The molecule has 2 rings (SSSR count). The summed E-state index contributed by atoms with van der Waals surface area (Å²) in [6.07, 6.45) is 4.95. The van der Waals surface area contributed by atoms with Gasteiger partial charge < -0.3 is 10.5 Å². The second kappa shape index (κ2) is 4.93. The minimum absolute atomic E-state index is 0.00847. The van der Waals surface area contributed by atoms with Crippen LogP contribution in [0.2, 0.25) is 0 Å². The molecule has 1 unspecified atom stereocenters. The number of hydrogen-bond acceptors (Lipinski definition) is 4. The summed E-state index contributed by atoms with van der Waals surface area (Å²) < 4.78 is 7.41. The lowest BCUT2D eigenvalue weighted by Gasteiger charge is -2.17. The van der Waals surface area contributed by atoms with Crippen molar-refractivity contribution in [3.8, 4) is 0 Å². The summed E-state index contributed by atoms with van der Waals surface area (Å²) in [6, 6.07) is 0.486. The second-order valence-corrected chi connectivity index (χ2v) is 4.39. The Labute approximate surface area is 96.0 Å². The molecule has 1 aromatic rings. The van der Waals surface area contributed by atoms with Gasteiger partial charge in [-0.3, -0.25) is 0 Å². The van der Waals surface area contributed by atoms with Gasteiger partial charge in [0.2, 0.25) is 0 Å². The molecule has 0 spiro atoms. The SMILES string of the molecule is COC(C)c1c(CN)nnn1C1CCCC1. The maximum Gasteiger partial charge on any atom is 0.102 e. The van der Waals surface area contributed by atoms with Gasteiger partial charge in [0.15, 0.2) is 0 Å². The second-order valence-electron chi connectivity index (χ2n) is 4.39. The predicted molar refractivity (Wildman–Crippen MR) is 60.8 cm³/mol. The Morgan fingerprint density at radius 2 is 2.19 bits per heavy atom. The van der Waals surface area contributed by atoms with Gasteiger partial charge in [0.05, 0.1) is 17.8 Å². The van der Waals surface area contributed by atoms with Crippen LogP contribution in [-0.4, -0.2) is 22.1 Å². The van der Waals surface area contributed by atoms with Crippen molar-refractivity contribution >= 4 is 0 Å². The maximum absolute atomic E-state index is 5.68. The lowest BCUT2D eigenvalue weighted by molar-refractivity contribution is 0.108. The third-order valence-corrected chi connectivity index (χ3v) is 3.41. The van der Waals surface area contributed by atoms with Crippen LogP contribution in [0.1, 0.15) is 56.1 Å². The van der Waals surface area contributed by atoms with Crippen molar-refractivity contribution in [1.29, 1.82) is 0 Å². The van der Waals surface area contributed by atoms with Gasteiger partial charge in [-0.15, -0.1) is 5.10 Å². The quantitative estimate of drug-likeness (QED) is 0.842. The van der Waals surface area contributed by atoms with E-state index in [1.165, 1.54) is 25.7 Å². The topological polar surface area (TPSA) is 66.0 Å². The fourth-order valence-corrected chi connectivity index (χ4v) is 2.43. The Balaban J connectivity index is 2.32. The monoisotopic (exact) mass is 224 g/mol. The molecule has 1 saturated carbocycles. The first-order valence-corrected chi connectivity index (χ1v) is 5.94. The molecule has 1 aliphatic carbocycles. The summed E-state index contributed by atoms with van der Waals surface area (Å²) in [5.74, 6) is 0. The third-order valence-electron chi connectivity index (χ3n) is 3.41. The Morgan fingerprint density at radius 1 is 1.50 bits per heavy atom. The molecule has 16 heavy (non-hydrogen) atoms. The number of rotatable bonds is 4. The molecule has 5 heteroatoms. The highest BCUT2D eigenvalue weighted by molar-refractivity contribution is 5.13. The maximum atomic E-state index is 5.68. The van der Waals surface area contributed by atoms with Crippen molar-refractivity contribution in [3.05, 3.63) is 11.4 Å². The number of aromatic nitrogens is 3. The van der Waals surface area contributed by atoms with Crippen LogP contribution in [-0.2, 0) is 11.3 Å². The van der Waals surface area contributed by atoms with Crippen molar-refractivity contribution in [1.82, 2.24) is 15.0 Å². The highest BCUT2D eigenvalue weighted by atomic mass is 16.5. The van der Waals surface area contributed by atoms with Gasteiger partial charge in [0.1, 0.15) is 5.69 Å². The van der Waals surface area contributed by atoms with E-state index in [0.29, 0.717) is 12.6 Å². The summed E-state index contributed by atoms with van der Waals surface area (Å²) in [6.45, 7) is 2.44. The largest absolute Gasteiger partial charge is 0.375 e. The van der Waals surface area contributed by atoms with Crippen molar-refractivity contribution in [2.75, 3.05) is 7.11 Å². The molecule has 0 bridgehead atoms. The molecule has 5 nitrogen and oxygen atoms in total. The van der Waals surface area contributed by atoms with E-state index in [1.54, 1.807) is 7.11 Å². The molecule has 0 radical (unpaired) electrons. The first kappa shape index (κ1) is 11.5.